The number of benzene rings is 1. The van der Waals surface area contributed by atoms with Crippen molar-refractivity contribution in [3.8, 4) is 0 Å². The Morgan fingerprint density at radius 2 is 1.63 bits per heavy atom. The van der Waals surface area contributed by atoms with Crippen molar-refractivity contribution in [2.45, 2.75) is 44.9 Å². The molecule has 2 heterocycles. The number of nitrogens with one attached hydrogen (secondary N) is 2. The fraction of sp³-hybridized carbons (Fsp3) is 0.304. The molecule has 2 aromatic heterocycles. The number of aromatic nitrogens is 2. The zero-order valence-electron chi connectivity index (χ0n) is 15.6. The van der Waals surface area contributed by atoms with Crippen molar-refractivity contribution in [1.82, 2.24) is 20.6 Å². The zero-order valence-corrected chi connectivity index (χ0v) is 15.6. The van der Waals surface area contributed by atoms with Gasteiger partial charge in [-0.1, -0.05) is 36.4 Å². The van der Waals surface area contributed by atoms with Gasteiger partial charge in [0, 0.05) is 43.8 Å². The lowest BCUT2D eigenvalue weighted by atomic mass is 9.91. The van der Waals surface area contributed by atoms with E-state index in [0.717, 1.165) is 31.7 Å². The van der Waals surface area contributed by atoms with Crippen molar-refractivity contribution < 1.29 is 0 Å². The molecule has 138 valence electrons. The standard InChI is InChI=1S/C23H26N4/c1-2-13-25-20(5-1)17-24-15-18-9-11-19(12-10-18)16-27-23-8-3-7-22-21(23)6-4-14-26-22/h1-2,4-6,9-14,23-24,27H,3,7-8,15-17H2. The maximum Gasteiger partial charge on any atom is 0.0541 e. The fourth-order valence-corrected chi connectivity index (χ4v) is 3.67. The van der Waals surface area contributed by atoms with E-state index in [4.69, 9.17) is 0 Å². The maximum atomic E-state index is 4.54. The van der Waals surface area contributed by atoms with Gasteiger partial charge in [0.1, 0.15) is 0 Å². The van der Waals surface area contributed by atoms with Crippen molar-refractivity contribution in [3.05, 3.63) is 95.1 Å². The number of hydrogen-bond donors (Lipinski definition) is 2. The van der Waals surface area contributed by atoms with Gasteiger partial charge in [-0.05, 0) is 54.2 Å². The average molecular weight is 358 g/mol. The molecule has 4 heteroatoms. The van der Waals surface area contributed by atoms with Gasteiger partial charge in [-0.15, -0.1) is 0 Å². The lowest BCUT2D eigenvalue weighted by Crippen LogP contribution is -2.25. The van der Waals surface area contributed by atoms with Crippen LogP contribution in [0.15, 0.2) is 67.0 Å². The van der Waals surface area contributed by atoms with Gasteiger partial charge in [0.05, 0.1) is 5.69 Å². The van der Waals surface area contributed by atoms with E-state index in [-0.39, 0.29) is 0 Å². The zero-order chi connectivity index (χ0) is 18.3. The average Bonchev–Trinajstić information content (AvgIpc) is 2.74. The summed E-state index contributed by atoms with van der Waals surface area (Å²) in [6.45, 7) is 2.53. The molecule has 1 aliphatic rings. The van der Waals surface area contributed by atoms with E-state index in [2.05, 4.69) is 50.9 Å². The number of rotatable bonds is 7. The van der Waals surface area contributed by atoms with E-state index < -0.39 is 0 Å². The van der Waals surface area contributed by atoms with Crippen molar-refractivity contribution in [1.29, 1.82) is 0 Å². The second kappa shape index (κ2) is 8.89. The van der Waals surface area contributed by atoms with Crippen LogP contribution in [-0.2, 0) is 26.1 Å². The molecule has 1 aromatic carbocycles. The number of aryl methyl sites for hydroxylation is 1. The highest BCUT2D eigenvalue weighted by molar-refractivity contribution is 5.27. The third-order valence-corrected chi connectivity index (χ3v) is 5.14. The van der Waals surface area contributed by atoms with Crippen LogP contribution < -0.4 is 10.6 Å². The fourth-order valence-electron chi connectivity index (χ4n) is 3.67. The summed E-state index contributed by atoms with van der Waals surface area (Å²) >= 11 is 0. The summed E-state index contributed by atoms with van der Waals surface area (Å²) in [6.07, 6.45) is 7.24. The predicted molar refractivity (Wildman–Crippen MR) is 108 cm³/mol. The molecule has 0 bridgehead atoms. The van der Waals surface area contributed by atoms with Crippen molar-refractivity contribution in [3.63, 3.8) is 0 Å². The van der Waals surface area contributed by atoms with Gasteiger partial charge in [0.25, 0.3) is 0 Å². The Kier molecular flexibility index (Phi) is 5.87. The van der Waals surface area contributed by atoms with Crippen LogP contribution in [0.2, 0.25) is 0 Å². The van der Waals surface area contributed by atoms with E-state index >= 15 is 0 Å². The Morgan fingerprint density at radius 3 is 2.44 bits per heavy atom. The molecule has 27 heavy (non-hydrogen) atoms. The van der Waals surface area contributed by atoms with Crippen LogP contribution in [0.3, 0.4) is 0 Å². The molecule has 0 aliphatic heterocycles. The molecule has 0 saturated carbocycles. The molecule has 0 fully saturated rings. The van der Waals surface area contributed by atoms with E-state index in [1.54, 1.807) is 0 Å². The first kappa shape index (κ1) is 17.8. The van der Waals surface area contributed by atoms with Gasteiger partial charge in [-0.25, -0.2) is 0 Å². The van der Waals surface area contributed by atoms with E-state index in [0.29, 0.717) is 6.04 Å². The van der Waals surface area contributed by atoms with Crippen LogP contribution in [0.5, 0.6) is 0 Å². The Bertz CT molecular complexity index is 846. The second-order valence-electron chi connectivity index (χ2n) is 7.11. The number of hydrogen-bond acceptors (Lipinski definition) is 4. The topological polar surface area (TPSA) is 49.8 Å². The summed E-state index contributed by atoms with van der Waals surface area (Å²) in [4.78, 5) is 8.87. The molecule has 1 atom stereocenters. The van der Waals surface area contributed by atoms with Crippen molar-refractivity contribution in [2.75, 3.05) is 0 Å². The number of nitrogens with zero attached hydrogens (tertiary/aromatic N) is 2. The summed E-state index contributed by atoms with van der Waals surface area (Å²) in [5.74, 6) is 0. The smallest absolute Gasteiger partial charge is 0.0541 e. The molecule has 0 saturated heterocycles. The van der Waals surface area contributed by atoms with E-state index in [1.165, 1.54) is 35.2 Å². The van der Waals surface area contributed by atoms with E-state index in [1.807, 2.05) is 36.7 Å². The summed E-state index contributed by atoms with van der Waals surface area (Å²) in [7, 11) is 0. The predicted octanol–water partition coefficient (Wildman–Crippen LogP) is 3.93. The first-order valence-corrected chi connectivity index (χ1v) is 9.74. The largest absolute Gasteiger partial charge is 0.307 e. The highest BCUT2D eigenvalue weighted by atomic mass is 14.9. The van der Waals surface area contributed by atoms with Crippen LogP contribution in [-0.4, -0.2) is 9.97 Å². The Hall–Kier alpha value is -2.56. The molecular weight excluding hydrogens is 332 g/mol. The first-order chi connectivity index (χ1) is 13.4. The van der Waals surface area contributed by atoms with Gasteiger partial charge in [0.15, 0.2) is 0 Å². The van der Waals surface area contributed by atoms with Crippen molar-refractivity contribution >= 4 is 0 Å². The highest BCUT2D eigenvalue weighted by Crippen LogP contribution is 2.28. The molecule has 3 aromatic rings. The number of fused-ring (bicyclic) bond motifs is 1. The Labute approximate surface area is 161 Å². The van der Waals surface area contributed by atoms with Crippen LogP contribution in [0, 0.1) is 0 Å². The van der Waals surface area contributed by atoms with E-state index in [9.17, 15) is 0 Å². The van der Waals surface area contributed by atoms with Gasteiger partial charge in [-0.3, -0.25) is 9.97 Å². The molecule has 0 spiro atoms. The normalized spacial score (nSPS) is 16.1. The lowest BCUT2D eigenvalue weighted by molar-refractivity contribution is 0.454. The quantitative estimate of drug-likeness (QED) is 0.672. The summed E-state index contributed by atoms with van der Waals surface area (Å²) < 4.78 is 0. The first-order valence-electron chi connectivity index (χ1n) is 9.74. The van der Waals surface area contributed by atoms with Gasteiger partial charge < -0.3 is 10.6 Å². The molecule has 0 radical (unpaired) electrons. The summed E-state index contributed by atoms with van der Waals surface area (Å²) in [5.41, 5.74) is 6.32. The minimum atomic E-state index is 0.419. The Balaban J connectivity index is 1.27. The molecule has 4 nitrogen and oxygen atoms in total. The molecule has 0 amide bonds. The molecule has 1 aliphatic carbocycles. The van der Waals surface area contributed by atoms with Crippen LogP contribution in [0.1, 0.15) is 47.0 Å². The second-order valence-corrected chi connectivity index (χ2v) is 7.11. The number of pyridine rings is 2. The monoisotopic (exact) mass is 358 g/mol. The molecule has 4 rings (SSSR count). The molecule has 1 unspecified atom stereocenters. The van der Waals surface area contributed by atoms with Crippen LogP contribution in [0.25, 0.3) is 0 Å². The van der Waals surface area contributed by atoms with Gasteiger partial charge in [-0.2, -0.15) is 0 Å². The Morgan fingerprint density at radius 1 is 0.815 bits per heavy atom. The lowest BCUT2D eigenvalue weighted by Gasteiger charge is -2.25. The maximum absolute atomic E-state index is 4.54. The van der Waals surface area contributed by atoms with Gasteiger partial charge in [0.2, 0.25) is 0 Å². The third-order valence-electron chi connectivity index (χ3n) is 5.14. The van der Waals surface area contributed by atoms with Crippen LogP contribution >= 0.6 is 0 Å². The molecule has 2 N–H and O–H groups in total. The van der Waals surface area contributed by atoms with Crippen LogP contribution in [0.4, 0.5) is 0 Å². The summed E-state index contributed by atoms with van der Waals surface area (Å²) in [5, 5.41) is 7.16. The minimum Gasteiger partial charge on any atom is -0.307 e. The minimum absolute atomic E-state index is 0.419. The summed E-state index contributed by atoms with van der Waals surface area (Å²) in [6, 6.07) is 19.5. The molecular formula is C23H26N4. The SMILES string of the molecule is c1ccc(CNCc2ccc(CNC3CCCc4ncccc43)cc2)nc1. The third kappa shape index (κ3) is 4.79. The van der Waals surface area contributed by atoms with Crippen molar-refractivity contribution in [2.24, 2.45) is 0 Å². The van der Waals surface area contributed by atoms with Gasteiger partial charge >= 0.3 is 0 Å². The highest BCUT2D eigenvalue weighted by Gasteiger charge is 2.19.